The van der Waals surface area contributed by atoms with Crippen LogP contribution in [-0.2, 0) is 9.59 Å². The molecule has 0 bridgehead atoms. The second kappa shape index (κ2) is 10.9. The van der Waals surface area contributed by atoms with Crippen molar-refractivity contribution in [3.05, 3.63) is 103 Å². The summed E-state index contributed by atoms with van der Waals surface area (Å²) in [5.41, 5.74) is 1.02. The number of non-ortho nitro benzene ring substituents is 1. The van der Waals surface area contributed by atoms with Crippen LogP contribution in [-0.4, -0.2) is 38.3 Å². The lowest BCUT2D eigenvalue weighted by molar-refractivity contribution is -0.394. The van der Waals surface area contributed by atoms with Gasteiger partial charge in [0.05, 0.1) is 20.8 Å². The zero-order chi connectivity index (χ0) is 27.4. The second-order valence-electron chi connectivity index (χ2n) is 8.02. The van der Waals surface area contributed by atoms with Gasteiger partial charge in [0.2, 0.25) is 11.7 Å². The Bertz CT molecular complexity index is 1500. The molecule has 3 amide bonds. The molecule has 0 unspecified atom stereocenters. The maximum absolute atomic E-state index is 12.7. The van der Waals surface area contributed by atoms with Gasteiger partial charge in [-0.15, -0.1) is 0 Å². The topological polar surface area (TPSA) is 162 Å². The van der Waals surface area contributed by atoms with Crippen molar-refractivity contribution in [2.75, 3.05) is 11.9 Å². The quantitative estimate of drug-likeness (QED) is 0.230. The minimum absolute atomic E-state index is 0.123. The number of nitrogens with zero attached hydrogens (tertiary/aromatic N) is 3. The van der Waals surface area contributed by atoms with Crippen molar-refractivity contribution in [3.8, 4) is 11.5 Å². The summed E-state index contributed by atoms with van der Waals surface area (Å²) in [6, 6.07) is 16.2. The van der Waals surface area contributed by atoms with Crippen LogP contribution in [0.15, 0.2) is 71.6 Å². The van der Waals surface area contributed by atoms with Gasteiger partial charge < -0.3 is 10.1 Å². The van der Waals surface area contributed by atoms with E-state index >= 15 is 0 Å². The molecule has 13 heteroatoms. The average molecular weight is 535 g/mol. The van der Waals surface area contributed by atoms with E-state index in [2.05, 4.69) is 5.32 Å². The Morgan fingerprint density at radius 3 is 2.42 bits per heavy atom. The third-order valence-corrected chi connectivity index (χ3v) is 6.14. The van der Waals surface area contributed by atoms with Crippen LogP contribution in [0.5, 0.6) is 11.5 Å². The number of rotatable bonds is 8. The smallest absolute Gasteiger partial charge is 0.318 e. The molecule has 1 aliphatic rings. The van der Waals surface area contributed by atoms with E-state index in [0.29, 0.717) is 23.0 Å². The number of ether oxygens (including phenoxy) is 1. The molecule has 1 fully saturated rings. The number of benzene rings is 3. The standard InChI is InChI=1S/C25H18N4O8S/c1-15-3-2-4-17(11-15)26-23(30)14-27-24(31)22(38-25(27)32)12-16-5-8-19(9-6-16)37-21-10-7-18(28(33)34)13-20(21)29(35)36/h2-13H,14H2,1H3,(H,26,30)/b22-12-. The zero-order valence-corrected chi connectivity index (χ0v) is 20.5. The van der Waals surface area contributed by atoms with Crippen molar-refractivity contribution in [3.63, 3.8) is 0 Å². The molecule has 0 radical (unpaired) electrons. The predicted octanol–water partition coefficient (Wildman–Crippen LogP) is 5.28. The van der Waals surface area contributed by atoms with Crippen LogP contribution in [0, 0.1) is 27.2 Å². The molecule has 1 N–H and O–H groups in total. The van der Waals surface area contributed by atoms with Gasteiger partial charge in [0, 0.05) is 11.8 Å². The number of nitro groups is 2. The van der Waals surface area contributed by atoms with E-state index < -0.39 is 44.8 Å². The zero-order valence-electron chi connectivity index (χ0n) is 19.7. The van der Waals surface area contributed by atoms with Crippen LogP contribution in [0.2, 0.25) is 0 Å². The fraction of sp³-hybridized carbons (Fsp3) is 0.0800. The monoisotopic (exact) mass is 534 g/mol. The van der Waals surface area contributed by atoms with Gasteiger partial charge in [-0.1, -0.05) is 24.3 Å². The first kappa shape index (κ1) is 26.0. The van der Waals surface area contributed by atoms with Gasteiger partial charge >= 0.3 is 5.69 Å². The molecule has 0 aliphatic carbocycles. The molecular formula is C25H18N4O8S. The van der Waals surface area contributed by atoms with E-state index in [9.17, 15) is 34.6 Å². The number of hydrogen-bond donors (Lipinski definition) is 1. The summed E-state index contributed by atoms with van der Waals surface area (Å²) in [5.74, 6) is -1.10. The number of carbonyl (C=O) groups excluding carboxylic acids is 3. The average Bonchev–Trinajstić information content (AvgIpc) is 3.12. The van der Waals surface area contributed by atoms with E-state index in [1.54, 1.807) is 30.3 Å². The SMILES string of the molecule is Cc1cccc(NC(=O)CN2C(=O)S/C(=C\c3ccc(Oc4ccc([N+](=O)[O-])cc4[N+](=O)[O-])cc3)C2=O)c1. The highest BCUT2D eigenvalue weighted by atomic mass is 32.2. The van der Waals surface area contributed by atoms with Gasteiger partial charge in [-0.2, -0.15) is 0 Å². The summed E-state index contributed by atoms with van der Waals surface area (Å²) < 4.78 is 5.52. The maximum atomic E-state index is 12.7. The van der Waals surface area contributed by atoms with E-state index in [4.69, 9.17) is 4.74 Å². The van der Waals surface area contributed by atoms with Gasteiger partial charge in [-0.25, -0.2) is 0 Å². The Morgan fingerprint density at radius 2 is 1.76 bits per heavy atom. The van der Waals surface area contributed by atoms with Crippen LogP contribution in [0.25, 0.3) is 6.08 Å². The number of amides is 3. The van der Waals surface area contributed by atoms with E-state index in [0.717, 1.165) is 28.7 Å². The molecule has 0 aromatic heterocycles. The summed E-state index contributed by atoms with van der Waals surface area (Å²) in [4.78, 5) is 59.1. The maximum Gasteiger partial charge on any atom is 0.318 e. The van der Waals surface area contributed by atoms with Crippen LogP contribution in [0.4, 0.5) is 21.9 Å². The summed E-state index contributed by atoms with van der Waals surface area (Å²) in [7, 11) is 0. The molecule has 12 nitrogen and oxygen atoms in total. The first-order valence-electron chi connectivity index (χ1n) is 10.9. The van der Waals surface area contributed by atoms with Gasteiger partial charge in [-0.05, 0) is 66.2 Å². The van der Waals surface area contributed by atoms with Crippen molar-refractivity contribution >= 4 is 52.0 Å². The highest BCUT2D eigenvalue weighted by molar-refractivity contribution is 8.18. The van der Waals surface area contributed by atoms with Crippen molar-refractivity contribution < 1.29 is 29.0 Å². The summed E-state index contributed by atoms with van der Waals surface area (Å²) >= 11 is 0.700. The summed E-state index contributed by atoms with van der Waals surface area (Å²) in [6.07, 6.45) is 1.47. The Hall–Kier alpha value is -5.04. The van der Waals surface area contributed by atoms with Gasteiger partial charge in [0.15, 0.2) is 0 Å². The van der Waals surface area contributed by atoms with E-state index in [1.165, 1.54) is 18.2 Å². The number of anilines is 1. The molecule has 1 saturated heterocycles. The molecule has 0 atom stereocenters. The van der Waals surface area contributed by atoms with Crippen molar-refractivity contribution in [1.82, 2.24) is 4.90 Å². The molecular weight excluding hydrogens is 516 g/mol. The number of aryl methyl sites for hydroxylation is 1. The van der Waals surface area contributed by atoms with Crippen LogP contribution in [0.1, 0.15) is 11.1 Å². The lowest BCUT2D eigenvalue weighted by Crippen LogP contribution is -2.36. The molecule has 1 heterocycles. The fourth-order valence-corrected chi connectivity index (χ4v) is 4.30. The minimum atomic E-state index is -0.784. The Balaban J connectivity index is 1.43. The molecule has 3 aromatic rings. The van der Waals surface area contributed by atoms with E-state index in [1.807, 2.05) is 13.0 Å². The third-order valence-electron chi connectivity index (χ3n) is 5.23. The van der Waals surface area contributed by atoms with Crippen molar-refractivity contribution in [2.45, 2.75) is 6.92 Å². The van der Waals surface area contributed by atoms with Crippen LogP contribution in [0.3, 0.4) is 0 Å². The number of nitrogens with one attached hydrogen (secondary N) is 1. The van der Waals surface area contributed by atoms with Crippen molar-refractivity contribution in [1.29, 1.82) is 0 Å². The normalized spacial score (nSPS) is 14.0. The number of carbonyl (C=O) groups is 3. The third kappa shape index (κ3) is 6.02. The molecule has 4 rings (SSSR count). The van der Waals surface area contributed by atoms with Crippen LogP contribution < -0.4 is 10.1 Å². The number of imide groups is 1. The first-order valence-corrected chi connectivity index (χ1v) is 11.7. The van der Waals surface area contributed by atoms with Gasteiger partial charge in [-0.3, -0.25) is 39.5 Å². The number of nitro benzene ring substituents is 2. The predicted molar refractivity (Wildman–Crippen MR) is 139 cm³/mol. The molecule has 0 spiro atoms. The van der Waals surface area contributed by atoms with Gasteiger partial charge in [0.25, 0.3) is 16.8 Å². The molecule has 38 heavy (non-hydrogen) atoms. The molecule has 0 saturated carbocycles. The van der Waals surface area contributed by atoms with E-state index in [-0.39, 0.29) is 16.4 Å². The Morgan fingerprint density at radius 1 is 1.03 bits per heavy atom. The minimum Gasteiger partial charge on any atom is -0.450 e. The second-order valence-corrected chi connectivity index (χ2v) is 9.02. The Labute approximate surface area is 219 Å². The molecule has 1 aliphatic heterocycles. The van der Waals surface area contributed by atoms with Crippen molar-refractivity contribution in [2.24, 2.45) is 0 Å². The van der Waals surface area contributed by atoms with Gasteiger partial charge in [0.1, 0.15) is 12.3 Å². The first-order chi connectivity index (χ1) is 18.1. The summed E-state index contributed by atoms with van der Waals surface area (Å²) in [6.45, 7) is 1.44. The lowest BCUT2D eigenvalue weighted by Gasteiger charge is -2.12. The molecule has 3 aromatic carbocycles. The number of thioether (sulfide) groups is 1. The number of hydrogen-bond acceptors (Lipinski definition) is 9. The lowest BCUT2D eigenvalue weighted by atomic mass is 10.2. The largest absolute Gasteiger partial charge is 0.450 e. The summed E-state index contributed by atoms with van der Waals surface area (Å²) in [5, 5.41) is 24.3. The van der Waals surface area contributed by atoms with Crippen LogP contribution >= 0.6 is 11.8 Å². The highest BCUT2D eigenvalue weighted by Crippen LogP contribution is 2.35. The Kier molecular flexibility index (Phi) is 7.48. The molecule has 192 valence electrons. The fourth-order valence-electron chi connectivity index (χ4n) is 3.46. The highest BCUT2D eigenvalue weighted by Gasteiger charge is 2.36.